The van der Waals surface area contributed by atoms with Crippen LogP contribution in [0.1, 0.15) is 42.3 Å². The van der Waals surface area contributed by atoms with Crippen molar-refractivity contribution in [2.45, 2.75) is 43.5 Å². The van der Waals surface area contributed by atoms with Crippen molar-refractivity contribution in [2.24, 2.45) is 0 Å². The Labute approximate surface area is 216 Å². The van der Waals surface area contributed by atoms with E-state index >= 15 is 0 Å². The van der Waals surface area contributed by atoms with Gasteiger partial charge in [-0.05, 0) is 59.0 Å². The lowest BCUT2D eigenvalue weighted by atomic mass is 9.87. The second-order valence-corrected chi connectivity index (χ2v) is 11.7. The van der Waals surface area contributed by atoms with Gasteiger partial charge >= 0.3 is 5.97 Å². The van der Waals surface area contributed by atoms with Crippen LogP contribution in [-0.2, 0) is 26.7 Å². The van der Waals surface area contributed by atoms with Gasteiger partial charge in [0.15, 0.2) is 0 Å². The number of hydrogen-bond donors (Lipinski definition) is 2. The molecular formula is C28H30N2O6S. The third kappa shape index (κ3) is 5.61. The van der Waals surface area contributed by atoms with E-state index in [-0.39, 0.29) is 35.4 Å². The van der Waals surface area contributed by atoms with Gasteiger partial charge in [-0.3, -0.25) is 9.10 Å². The van der Waals surface area contributed by atoms with Gasteiger partial charge in [0, 0.05) is 6.42 Å². The molecule has 0 fully saturated rings. The highest BCUT2D eigenvalue weighted by Crippen LogP contribution is 2.37. The average molecular weight is 523 g/mol. The van der Waals surface area contributed by atoms with Crippen LogP contribution in [0.15, 0.2) is 77.7 Å². The fourth-order valence-corrected chi connectivity index (χ4v) is 5.90. The molecule has 9 heteroatoms. The first-order valence-electron chi connectivity index (χ1n) is 12.0. The molecule has 0 aliphatic carbocycles. The number of aromatic carboxylic acids is 1. The molecule has 0 saturated carbocycles. The summed E-state index contributed by atoms with van der Waals surface area (Å²) in [5, 5.41) is 11.8. The van der Waals surface area contributed by atoms with E-state index in [1.54, 1.807) is 24.3 Å². The SMILES string of the molecule is CC(C)(C)c1ccc(S(=O)(=O)N2c3ccccc3C[C@H]2C(=O)NCCOc2ccc(C(=O)O)cc2)cc1. The van der Waals surface area contributed by atoms with Gasteiger partial charge < -0.3 is 15.2 Å². The summed E-state index contributed by atoms with van der Waals surface area (Å²) in [4.78, 5) is 24.3. The Bertz CT molecular complexity index is 1390. The van der Waals surface area contributed by atoms with Crippen LogP contribution >= 0.6 is 0 Å². The molecule has 1 aliphatic rings. The van der Waals surface area contributed by atoms with Gasteiger partial charge in [-0.15, -0.1) is 0 Å². The molecule has 1 aliphatic heterocycles. The second kappa shape index (κ2) is 10.3. The zero-order valence-electron chi connectivity index (χ0n) is 21.0. The molecule has 8 nitrogen and oxygen atoms in total. The fourth-order valence-electron chi connectivity index (χ4n) is 4.25. The molecule has 0 spiro atoms. The van der Waals surface area contributed by atoms with Crippen molar-refractivity contribution in [3.63, 3.8) is 0 Å². The number of carboxylic acids is 1. The summed E-state index contributed by atoms with van der Waals surface area (Å²) >= 11 is 0. The maximum atomic E-state index is 13.7. The molecule has 0 radical (unpaired) electrons. The lowest BCUT2D eigenvalue weighted by molar-refractivity contribution is -0.122. The molecule has 0 unspecified atom stereocenters. The van der Waals surface area contributed by atoms with Gasteiger partial charge in [-0.1, -0.05) is 51.1 Å². The van der Waals surface area contributed by atoms with Crippen molar-refractivity contribution in [3.8, 4) is 5.75 Å². The number of carbonyl (C=O) groups is 2. The van der Waals surface area contributed by atoms with Crippen LogP contribution in [-0.4, -0.2) is 44.6 Å². The van der Waals surface area contributed by atoms with Crippen LogP contribution < -0.4 is 14.4 Å². The molecule has 3 aromatic rings. The maximum absolute atomic E-state index is 13.7. The molecule has 3 aromatic carbocycles. The minimum absolute atomic E-state index is 0.120. The maximum Gasteiger partial charge on any atom is 0.335 e. The van der Waals surface area contributed by atoms with Crippen molar-refractivity contribution >= 4 is 27.6 Å². The number of para-hydroxylation sites is 1. The summed E-state index contributed by atoms with van der Waals surface area (Å²) in [5.41, 5.74) is 2.33. The van der Waals surface area contributed by atoms with E-state index in [1.165, 1.54) is 28.6 Å². The number of nitrogens with one attached hydrogen (secondary N) is 1. The molecule has 194 valence electrons. The molecule has 1 atom stereocenters. The first kappa shape index (κ1) is 26.2. The summed E-state index contributed by atoms with van der Waals surface area (Å²) in [5.74, 6) is -0.979. The van der Waals surface area contributed by atoms with E-state index in [4.69, 9.17) is 9.84 Å². The van der Waals surface area contributed by atoms with Gasteiger partial charge in [0.25, 0.3) is 10.0 Å². The number of amides is 1. The highest BCUT2D eigenvalue weighted by molar-refractivity contribution is 7.93. The monoisotopic (exact) mass is 522 g/mol. The van der Waals surface area contributed by atoms with Gasteiger partial charge in [0.1, 0.15) is 18.4 Å². The lowest BCUT2D eigenvalue weighted by Crippen LogP contribution is -2.48. The topological polar surface area (TPSA) is 113 Å². The second-order valence-electron chi connectivity index (χ2n) is 9.89. The summed E-state index contributed by atoms with van der Waals surface area (Å²) in [6.45, 7) is 6.46. The zero-order chi connectivity index (χ0) is 26.8. The number of ether oxygens (including phenoxy) is 1. The van der Waals surface area contributed by atoms with Gasteiger partial charge in [-0.2, -0.15) is 0 Å². The number of carboxylic acid groups (broad SMARTS) is 1. The Morgan fingerprint density at radius 1 is 1.00 bits per heavy atom. The van der Waals surface area contributed by atoms with Gasteiger partial charge in [0.2, 0.25) is 5.91 Å². The standard InChI is InChI=1S/C28H30N2O6S/c1-28(2,3)21-10-14-23(15-11-21)37(34,35)30-24-7-5-4-6-20(24)18-25(30)26(31)29-16-17-36-22-12-8-19(9-13-22)27(32)33/h4-15,25H,16-18H2,1-3H3,(H,29,31)(H,32,33)/t25-/m0/s1. The Morgan fingerprint density at radius 3 is 2.27 bits per heavy atom. The smallest absolute Gasteiger partial charge is 0.335 e. The Kier molecular flexibility index (Phi) is 7.27. The van der Waals surface area contributed by atoms with E-state index < -0.39 is 27.9 Å². The van der Waals surface area contributed by atoms with E-state index in [0.717, 1.165) is 11.1 Å². The summed E-state index contributed by atoms with van der Waals surface area (Å²) in [6, 6.07) is 18.9. The molecule has 4 rings (SSSR count). The Balaban J connectivity index is 1.48. The molecule has 1 heterocycles. The largest absolute Gasteiger partial charge is 0.492 e. The quantitative estimate of drug-likeness (QED) is 0.433. The summed E-state index contributed by atoms with van der Waals surface area (Å²) in [7, 11) is -4.00. The number of anilines is 1. The highest BCUT2D eigenvalue weighted by atomic mass is 32.2. The normalized spacial score (nSPS) is 15.2. The van der Waals surface area contributed by atoms with Crippen LogP contribution in [0.3, 0.4) is 0 Å². The molecular weight excluding hydrogens is 492 g/mol. The third-order valence-corrected chi connectivity index (χ3v) is 8.11. The van der Waals surface area contributed by atoms with E-state index in [0.29, 0.717) is 11.4 Å². The van der Waals surface area contributed by atoms with Gasteiger partial charge in [0.05, 0.1) is 22.7 Å². The van der Waals surface area contributed by atoms with Crippen molar-refractivity contribution < 1.29 is 27.9 Å². The van der Waals surface area contributed by atoms with Crippen LogP contribution in [0.4, 0.5) is 5.69 Å². The Hall–Kier alpha value is -3.85. The number of hydrogen-bond acceptors (Lipinski definition) is 5. The Morgan fingerprint density at radius 2 is 1.65 bits per heavy atom. The third-order valence-electron chi connectivity index (χ3n) is 6.28. The minimum atomic E-state index is -4.00. The van der Waals surface area contributed by atoms with Crippen LogP contribution in [0.2, 0.25) is 0 Å². The van der Waals surface area contributed by atoms with Crippen LogP contribution in [0.5, 0.6) is 5.75 Å². The van der Waals surface area contributed by atoms with Gasteiger partial charge in [-0.25, -0.2) is 13.2 Å². The number of sulfonamides is 1. The average Bonchev–Trinajstić information content (AvgIpc) is 3.27. The fraction of sp³-hybridized carbons (Fsp3) is 0.286. The molecule has 0 aromatic heterocycles. The van der Waals surface area contributed by atoms with Crippen molar-refractivity contribution in [1.82, 2.24) is 5.32 Å². The zero-order valence-corrected chi connectivity index (χ0v) is 21.8. The molecule has 37 heavy (non-hydrogen) atoms. The van der Waals surface area contributed by atoms with E-state index in [9.17, 15) is 18.0 Å². The molecule has 1 amide bonds. The van der Waals surface area contributed by atoms with E-state index in [1.807, 2.05) is 24.3 Å². The lowest BCUT2D eigenvalue weighted by Gasteiger charge is -2.27. The van der Waals surface area contributed by atoms with Crippen LogP contribution in [0, 0.1) is 0 Å². The van der Waals surface area contributed by atoms with E-state index in [2.05, 4.69) is 26.1 Å². The molecule has 2 N–H and O–H groups in total. The predicted octanol–water partition coefficient (Wildman–Crippen LogP) is 4.00. The van der Waals surface area contributed by atoms with Crippen LogP contribution in [0.25, 0.3) is 0 Å². The molecule has 0 bridgehead atoms. The number of benzene rings is 3. The number of carbonyl (C=O) groups excluding carboxylic acids is 1. The number of rotatable bonds is 8. The minimum Gasteiger partial charge on any atom is -0.492 e. The summed E-state index contributed by atoms with van der Waals surface area (Å²) < 4.78 is 34.3. The van der Waals surface area contributed by atoms with Crippen molar-refractivity contribution in [2.75, 3.05) is 17.5 Å². The highest BCUT2D eigenvalue weighted by Gasteiger charge is 2.42. The first-order chi connectivity index (χ1) is 17.5. The first-order valence-corrected chi connectivity index (χ1v) is 13.4. The predicted molar refractivity (Wildman–Crippen MR) is 141 cm³/mol. The number of nitrogens with zero attached hydrogens (tertiary/aromatic N) is 1. The van der Waals surface area contributed by atoms with Crippen molar-refractivity contribution in [3.05, 3.63) is 89.5 Å². The molecule has 0 saturated heterocycles. The number of fused-ring (bicyclic) bond motifs is 1. The van der Waals surface area contributed by atoms with Crippen molar-refractivity contribution in [1.29, 1.82) is 0 Å². The summed E-state index contributed by atoms with van der Waals surface area (Å²) in [6.07, 6.45) is 0.263.